The first-order valence-corrected chi connectivity index (χ1v) is 8.57. The van der Waals surface area contributed by atoms with Gasteiger partial charge in [-0.25, -0.2) is 9.97 Å². The lowest BCUT2D eigenvalue weighted by Gasteiger charge is -2.06. The summed E-state index contributed by atoms with van der Waals surface area (Å²) in [5.41, 5.74) is 9.95. The van der Waals surface area contributed by atoms with Crippen molar-refractivity contribution in [1.29, 1.82) is 0 Å². The highest BCUT2D eigenvalue weighted by atomic mass is 32.1. The molecule has 0 saturated carbocycles. The van der Waals surface area contributed by atoms with Crippen LogP contribution in [0.25, 0.3) is 31.2 Å². The summed E-state index contributed by atoms with van der Waals surface area (Å²) in [6, 6.07) is 12.5. The van der Waals surface area contributed by atoms with E-state index in [2.05, 4.69) is 53.7 Å². The number of nitrogens with two attached hydrogens (primary N) is 1. The summed E-state index contributed by atoms with van der Waals surface area (Å²) in [6.45, 7) is 2.07. The highest BCUT2D eigenvalue weighted by Gasteiger charge is 2.12. The molecule has 2 N–H and O–H groups in total. The summed E-state index contributed by atoms with van der Waals surface area (Å²) in [5.74, 6) is 0.477. The molecule has 3 nitrogen and oxygen atoms in total. The Labute approximate surface area is 136 Å². The first-order valence-electron chi connectivity index (χ1n) is 6.88. The van der Waals surface area contributed by atoms with Crippen molar-refractivity contribution in [3.8, 4) is 21.8 Å². The van der Waals surface area contributed by atoms with E-state index in [1.54, 1.807) is 28.9 Å². The van der Waals surface area contributed by atoms with E-state index < -0.39 is 0 Å². The fourth-order valence-electron chi connectivity index (χ4n) is 2.33. The lowest BCUT2D eigenvalue weighted by molar-refractivity contribution is 1.22. The Morgan fingerprint density at radius 2 is 1.86 bits per heavy atom. The van der Waals surface area contributed by atoms with Crippen LogP contribution in [-0.2, 0) is 0 Å². The van der Waals surface area contributed by atoms with Gasteiger partial charge in [0.2, 0.25) is 0 Å². The predicted molar refractivity (Wildman–Crippen MR) is 95.3 cm³/mol. The maximum absolute atomic E-state index is 6.05. The van der Waals surface area contributed by atoms with Crippen LogP contribution in [0, 0.1) is 6.92 Å². The van der Waals surface area contributed by atoms with E-state index in [-0.39, 0.29) is 0 Å². The average molecular weight is 323 g/mol. The Bertz CT molecular complexity index is 923. The number of nitrogens with zero attached hydrogens (tertiary/aromatic N) is 2. The van der Waals surface area contributed by atoms with Gasteiger partial charge in [-0.2, -0.15) is 0 Å². The van der Waals surface area contributed by atoms with Gasteiger partial charge in [0, 0.05) is 15.0 Å². The van der Waals surface area contributed by atoms with Crippen LogP contribution < -0.4 is 5.73 Å². The number of hydrogen-bond acceptors (Lipinski definition) is 5. The average Bonchev–Trinajstić information content (AvgIpc) is 3.10. The highest BCUT2D eigenvalue weighted by Crippen LogP contribution is 2.37. The summed E-state index contributed by atoms with van der Waals surface area (Å²) in [6.07, 6.45) is 1.74. The molecular weight excluding hydrogens is 310 g/mol. The number of aryl methyl sites for hydroxylation is 1. The van der Waals surface area contributed by atoms with E-state index in [9.17, 15) is 0 Å². The third-order valence-corrected chi connectivity index (χ3v) is 5.62. The van der Waals surface area contributed by atoms with E-state index >= 15 is 0 Å². The van der Waals surface area contributed by atoms with E-state index in [4.69, 9.17) is 10.7 Å². The maximum atomic E-state index is 6.05. The third-order valence-electron chi connectivity index (χ3n) is 3.52. The van der Waals surface area contributed by atoms with Gasteiger partial charge in [-0.3, -0.25) is 0 Å². The normalized spacial score (nSPS) is 11.1. The largest absolute Gasteiger partial charge is 0.382 e. The van der Waals surface area contributed by atoms with E-state index in [1.165, 1.54) is 15.0 Å². The van der Waals surface area contributed by atoms with Crippen molar-refractivity contribution < 1.29 is 0 Å². The lowest BCUT2D eigenvalue weighted by atomic mass is 10.1. The van der Waals surface area contributed by atoms with Crippen molar-refractivity contribution in [3.63, 3.8) is 0 Å². The molecule has 108 valence electrons. The van der Waals surface area contributed by atoms with Crippen LogP contribution in [0.4, 0.5) is 5.82 Å². The molecule has 0 aliphatic carbocycles. The van der Waals surface area contributed by atoms with Crippen LogP contribution >= 0.6 is 22.7 Å². The molecule has 4 aromatic rings. The van der Waals surface area contributed by atoms with Crippen molar-refractivity contribution in [2.45, 2.75) is 6.92 Å². The zero-order chi connectivity index (χ0) is 15.1. The van der Waals surface area contributed by atoms with Gasteiger partial charge in [-0.05, 0) is 24.4 Å². The number of thiophene rings is 2. The molecule has 4 rings (SSSR count). The van der Waals surface area contributed by atoms with Crippen molar-refractivity contribution >= 4 is 37.9 Å². The van der Waals surface area contributed by atoms with Crippen molar-refractivity contribution in [2.75, 3.05) is 5.73 Å². The molecule has 0 fully saturated rings. The van der Waals surface area contributed by atoms with Gasteiger partial charge in [0.25, 0.3) is 0 Å². The minimum Gasteiger partial charge on any atom is -0.382 e. The van der Waals surface area contributed by atoms with Crippen LogP contribution in [-0.4, -0.2) is 9.97 Å². The maximum Gasteiger partial charge on any atom is 0.150 e. The molecule has 1 aromatic carbocycles. The Kier molecular flexibility index (Phi) is 3.17. The Morgan fingerprint density at radius 1 is 1.05 bits per heavy atom. The summed E-state index contributed by atoms with van der Waals surface area (Å²) >= 11 is 3.44. The monoisotopic (exact) mass is 323 g/mol. The zero-order valence-corrected chi connectivity index (χ0v) is 13.5. The number of anilines is 1. The number of rotatable bonds is 2. The lowest BCUT2D eigenvalue weighted by Crippen LogP contribution is -1.97. The van der Waals surface area contributed by atoms with Crippen LogP contribution in [0.2, 0.25) is 0 Å². The second kappa shape index (κ2) is 5.19. The minimum absolute atomic E-state index is 0.477. The van der Waals surface area contributed by atoms with Gasteiger partial charge in [-0.15, -0.1) is 22.7 Å². The highest BCUT2D eigenvalue weighted by molar-refractivity contribution is 7.28. The predicted octanol–water partition coefficient (Wildman–Crippen LogP) is 4.98. The number of fused-ring (bicyclic) bond motifs is 1. The molecule has 3 heterocycles. The Balaban J connectivity index is 1.83. The molecule has 0 bridgehead atoms. The first kappa shape index (κ1) is 13.4. The van der Waals surface area contributed by atoms with E-state index in [1.807, 2.05) is 0 Å². The zero-order valence-electron chi connectivity index (χ0n) is 11.9. The van der Waals surface area contributed by atoms with Gasteiger partial charge in [0.05, 0.1) is 16.8 Å². The van der Waals surface area contributed by atoms with Gasteiger partial charge in [-0.1, -0.05) is 29.8 Å². The standard InChI is InChI=1S/C17H13N3S2/c1-10-2-4-11(5-3-10)12-9-19-17(18)16(20-12)15-8-14-13(22-15)6-7-21-14/h2-9H,1H3,(H2,18,19). The fourth-order valence-corrected chi connectivity index (χ4v) is 4.43. The number of benzene rings is 1. The van der Waals surface area contributed by atoms with Crippen LogP contribution in [0.15, 0.2) is 48.0 Å². The number of nitrogen functional groups attached to an aromatic ring is 1. The molecule has 0 amide bonds. The second-order valence-corrected chi connectivity index (χ2v) is 7.15. The third kappa shape index (κ3) is 2.28. The summed E-state index contributed by atoms with van der Waals surface area (Å²) < 4.78 is 2.53. The van der Waals surface area contributed by atoms with Gasteiger partial charge in [0.1, 0.15) is 5.69 Å². The molecule has 0 aliphatic rings. The molecule has 5 heteroatoms. The van der Waals surface area contributed by atoms with Crippen molar-refractivity contribution in [2.24, 2.45) is 0 Å². The minimum atomic E-state index is 0.477. The summed E-state index contributed by atoms with van der Waals surface area (Å²) in [7, 11) is 0. The number of aromatic nitrogens is 2. The summed E-state index contributed by atoms with van der Waals surface area (Å²) in [4.78, 5) is 10.1. The molecule has 0 unspecified atom stereocenters. The van der Waals surface area contributed by atoms with E-state index in [0.717, 1.165) is 21.8 Å². The topological polar surface area (TPSA) is 51.8 Å². The second-order valence-electron chi connectivity index (χ2n) is 5.11. The molecule has 0 saturated heterocycles. The van der Waals surface area contributed by atoms with Crippen LogP contribution in [0.1, 0.15) is 5.56 Å². The van der Waals surface area contributed by atoms with Crippen LogP contribution in [0.3, 0.4) is 0 Å². The molecule has 22 heavy (non-hydrogen) atoms. The van der Waals surface area contributed by atoms with Crippen molar-refractivity contribution in [1.82, 2.24) is 9.97 Å². The van der Waals surface area contributed by atoms with Crippen LogP contribution in [0.5, 0.6) is 0 Å². The number of hydrogen-bond donors (Lipinski definition) is 1. The van der Waals surface area contributed by atoms with Gasteiger partial charge in [0.15, 0.2) is 5.82 Å². The molecular formula is C17H13N3S2. The molecule has 0 atom stereocenters. The molecule has 0 radical (unpaired) electrons. The first-order chi connectivity index (χ1) is 10.7. The Hall–Kier alpha value is -2.24. The van der Waals surface area contributed by atoms with Gasteiger partial charge < -0.3 is 5.73 Å². The van der Waals surface area contributed by atoms with Gasteiger partial charge >= 0.3 is 0 Å². The molecule has 0 aliphatic heterocycles. The smallest absolute Gasteiger partial charge is 0.150 e. The SMILES string of the molecule is Cc1ccc(-c2cnc(N)c(-c3cc4sccc4s3)n2)cc1. The fraction of sp³-hybridized carbons (Fsp3) is 0.0588. The quantitative estimate of drug-likeness (QED) is 0.566. The molecule has 0 spiro atoms. The van der Waals surface area contributed by atoms with E-state index in [0.29, 0.717) is 5.82 Å². The van der Waals surface area contributed by atoms with Crippen molar-refractivity contribution in [3.05, 3.63) is 53.5 Å². The Morgan fingerprint density at radius 3 is 2.64 bits per heavy atom. The molecule has 3 aromatic heterocycles. The summed E-state index contributed by atoms with van der Waals surface area (Å²) in [5, 5.41) is 2.10.